The molecule has 3 aromatic carbocycles. The van der Waals surface area contributed by atoms with Crippen LogP contribution in [0.15, 0.2) is 100 Å². The highest BCUT2D eigenvalue weighted by Crippen LogP contribution is 2.55. The number of Topliss-reactive ketones (excluding diaryl/α,β-unsaturated/α-hetero) is 2. The number of ether oxygens (including phenoxy) is 1. The summed E-state index contributed by atoms with van der Waals surface area (Å²) in [5, 5.41) is 0. The molecule has 0 atom stereocenters. The lowest BCUT2D eigenvalue weighted by Crippen LogP contribution is -2.44. The van der Waals surface area contributed by atoms with E-state index in [1.165, 1.54) is 12.1 Å². The second kappa shape index (κ2) is 12.1. The van der Waals surface area contributed by atoms with Crippen LogP contribution in [0.5, 0.6) is 11.5 Å². The number of hydrogen-bond donors (Lipinski definition) is 0. The van der Waals surface area contributed by atoms with Crippen LogP contribution in [0.4, 0.5) is 0 Å². The van der Waals surface area contributed by atoms with Crippen LogP contribution in [-0.2, 0) is 26.3 Å². The van der Waals surface area contributed by atoms with E-state index in [0.29, 0.717) is 48.9 Å². The van der Waals surface area contributed by atoms with E-state index in [1.807, 2.05) is 32.0 Å². The van der Waals surface area contributed by atoms with Gasteiger partial charge < -0.3 is 13.8 Å². The topological polar surface area (TPSA) is 90.0 Å². The Kier molecular flexibility index (Phi) is 8.45. The summed E-state index contributed by atoms with van der Waals surface area (Å²) in [5.41, 5.74) is 5.46. The summed E-state index contributed by atoms with van der Waals surface area (Å²) < 4.78 is 38.1. The summed E-state index contributed by atoms with van der Waals surface area (Å²) in [7, 11) is -4.14. The van der Waals surface area contributed by atoms with Gasteiger partial charge in [-0.25, -0.2) is 0 Å². The molecule has 6 rings (SSSR count). The zero-order valence-electron chi connectivity index (χ0n) is 28.1. The number of benzene rings is 3. The highest BCUT2D eigenvalue weighted by Gasteiger charge is 2.49. The zero-order chi connectivity index (χ0) is 33.7. The normalized spacial score (nSPS) is 19.4. The Morgan fingerprint density at radius 1 is 0.766 bits per heavy atom. The van der Waals surface area contributed by atoms with Gasteiger partial charge in [0.25, 0.3) is 0 Å². The SMILES string of the molecule is CCOc1cc(C2C3=C(CC(C)(C)CC3=O)N(Cc3ccccc3)C3=C2C(=O)CC(C)(C)C3)ccc1OS(=O)(=O)c1ccc(C)cc1. The molecule has 0 fully saturated rings. The van der Waals surface area contributed by atoms with Crippen molar-refractivity contribution in [3.63, 3.8) is 0 Å². The first-order chi connectivity index (χ1) is 22.2. The summed E-state index contributed by atoms with van der Waals surface area (Å²) in [4.78, 5) is 30.7. The third kappa shape index (κ3) is 6.53. The Bertz CT molecular complexity index is 1850. The maximum Gasteiger partial charge on any atom is 0.339 e. The first-order valence-electron chi connectivity index (χ1n) is 16.3. The zero-order valence-corrected chi connectivity index (χ0v) is 28.9. The van der Waals surface area contributed by atoms with Crippen LogP contribution in [0.2, 0.25) is 0 Å². The van der Waals surface area contributed by atoms with Crippen molar-refractivity contribution in [2.45, 2.75) is 84.6 Å². The van der Waals surface area contributed by atoms with Gasteiger partial charge in [-0.15, -0.1) is 0 Å². The Labute approximate surface area is 278 Å². The van der Waals surface area contributed by atoms with Crippen LogP contribution < -0.4 is 8.92 Å². The Hall–Kier alpha value is -4.17. The van der Waals surface area contributed by atoms with Crippen molar-refractivity contribution in [1.29, 1.82) is 0 Å². The number of aryl methyl sites for hydroxylation is 1. The Balaban J connectivity index is 1.51. The first kappa shape index (κ1) is 32.8. The van der Waals surface area contributed by atoms with Crippen molar-refractivity contribution in [2.24, 2.45) is 10.8 Å². The van der Waals surface area contributed by atoms with Crippen molar-refractivity contribution >= 4 is 21.7 Å². The van der Waals surface area contributed by atoms with E-state index in [0.717, 1.165) is 22.5 Å². The number of ketones is 2. The average molecular weight is 654 g/mol. The number of carbonyl (C=O) groups is 2. The summed E-state index contributed by atoms with van der Waals surface area (Å²) in [6.45, 7) is 13.0. The molecular formula is C39H43NO6S. The molecule has 3 aliphatic rings. The lowest BCUT2D eigenvalue weighted by molar-refractivity contribution is -0.119. The van der Waals surface area contributed by atoms with E-state index in [-0.39, 0.29) is 45.4 Å². The van der Waals surface area contributed by atoms with Crippen molar-refractivity contribution in [1.82, 2.24) is 4.90 Å². The van der Waals surface area contributed by atoms with Gasteiger partial charge in [0.15, 0.2) is 23.1 Å². The fourth-order valence-corrected chi connectivity index (χ4v) is 8.19. The predicted octanol–water partition coefficient (Wildman–Crippen LogP) is 8.05. The molecule has 0 radical (unpaired) electrons. The third-order valence-corrected chi connectivity index (χ3v) is 10.6. The molecule has 0 N–H and O–H groups in total. The van der Waals surface area contributed by atoms with Crippen LogP contribution in [0, 0.1) is 17.8 Å². The van der Waals surface area contributed by atoms with Gasteiger partial charge in [0.1, 0.15) is 4.90 Å². The van der Waals surface area contributed by atoms with E-state index in [1.54, 1.807) is 30.3 Å². The largest absolute Gasteiger partial charge is 0.490 e. The minimum absolute atomic E-state index is 0.0312. The average Bonchev–Trinajstić information content (AvgIpc) is 2.98. The van der Waals surface area contributed by atoms with Crippen molar-refractivity contribution < 1.29 is 26.9 Å². The maximum absolute atomic E-state index is 14.2. The number of nitrogens with zero attached hydrogens (tertiary/aromatic N) is 1. The molecule has 0 unspecified atom stereocenters. The van der Waals surface area contributed by atoms with Crippen LogP contribution in [0.1, 0.15) is 82.9 Å². The molecule has 1 aliphatic heterocycles. The number of carbonyl (C=O) groups excluding carboxylic acids is 2. The predicted molar refractivity (Wildman–Crippen MR) is 181 cm³/mol. The van der Waals surface area contributed by atoms with Gasteiger partial charge in [-0.05, 0) is 72.9 Å². The van der Waals surface area contributed by atoms with Gasteiger partial charge in [-0.1, -0.05) is 81.8 Å². The summed E-state index contributed by atoms with van der Waals surface area (Å²) in [5.74, 6) is -0.245. The van der Waals surface area contributed by atoms with Crippen molar-refractivity contribution in [2.75, 3.05) is 6.61 Å². The summed E-state index contributed by atoms with van der Waals surface area (Å²) in [6.07, 6.45) is 2.13. The highest BCUT2D eigenvalue weighted by atomic mass is 32.2. The number of allylic oxidation sites excluding steroid dienone is 4. The molecule has 0 spiro atoms. The summed E-state index contributed by atoms with van der Waals surface area (Å²) >= 11 is 0. The molecule has 0 amide bonds. The van der Waals surface area contributed by atoms with Gasteiger partial charge in [0, 0.05) is 47.8 Å². The molecule has 0 bridgehead atoms. The third-order valence-electron chi connectivity index (χ3n) is 9.32. The highest BCUT2D eigenvalue weighted by molar-refractivity contribution is 7.87. The quantitative estimate of drug-likeness (QED) is 0.227. The first-order valence-corrected chi connectivity index (χ1v) is 17.7. The monoisotopic (exact) mass is 653 g/mol. The number of hydrogen-bond acceptors (Lipinski definition) is 7. The van der Waals surface area contributed by atoms with Crippen LogP contribution >= 0.6 is 0 Å². The Morgan fingerprint density at radius 2 is 1.34 bits per heavy atom. The maximum atomic E-state index is 14.2. The lowest BCUT2D eigenvalue weighted by atomic mass is 9.63. The minimum Gasteiger partial charge on any atom is -0.490 e. The van der Waals surface area contributed by atoms with E-state index in [4.69, 9.17) is 8.92 Å². The standard InChI is InChI=1S/C39H43NO6S/c1-7-45-34-19-27(15-18-33(34)46-47(43,44)28-16-13-25(2)14-17-28)35-36-29(20-38(3,4)22-31(36)41)40(24-26-11-9-8-10-12-26)30-21-39(5,6)23-32(42)37(30)35/h8-19,35H,7,20-24H2,1-6H3. The fourth-order valence-electron chi connectivity index (χ4n) is 7.25. The fraction of sp³-hybridized carbons (Fsp3) is 0.385. The van der Waals surface area contributed by atoms with Gasteiger partial charge in [0.05, 0.1) is 6.61 Å². The molecule has 47 heavy (non-hydrogen) atoms. The molecule has 7 nitrogen and oxygen atoms in total. The van der Waals surface area contributed by atoms with Gasteiger partial charge in [-0.3, -0.25) is 9.59 Å². The van der Waals surface area contributed by atoms with Crippen molar-refractivity contribution in [3.8, 4) is 11.5 Å². The smallest absolute Gasteiger partial charge is 0.339 e. The molecular weight excluding hydrogens is 610 g/mol. The van der Waals surface area contributed by atoms with Gasteiger partial charge in [0.2, 0.25) is 0 Å². The molecule has 8 heteroatoms. The van der Waals surface area contributed by atoms with Crippen LogP contribution in [-0.4, -0.2) is 31.5 Å². The molecule has 1 heterocycles. The molecule has 0 saturated carbocycles. The molecule has 246 valence electrons. The Morgan fingerprint density at radius 3 is 1.89 bits per heavy atom. The van der Waals surface area contributed by atoms with Crippen molar-refractivity contribution in [3.05, 3.63) is 112 Å². The molecule has 0 saturated heterocycles. The van der Waals surface area contributed by atoms with E-state index in [9.17, 15) is 18.0 Å². The lowest BCUT2D eigenvalue weighted by Gasteiger charge is -2.49. The second-order valence-electron chi connectivity index (χ2n) is 14.6. The molecule has 3 aromatic rings. The minimum atomic E-state index is -4.14. The second-order valence-corrected chi connectivity index (χ2v) is 16.1. The molecule has 0 aromatic heterocycles. The van der Waals surface area contributed by atoms with Crippen LogP contribution in [0.25, 0.3) is 0 Å². The molecule has 2 aliphatic carbocycles. The van der Waals surface area contributed by atoms with E-state index in [2.05, 4.69) is 44.7 Å². The van der Waals surface area contributed by atoms with Crippen LogP contribution in [0.3, 0.4) is 0 Å². The van der Waals surface area contributed by atoms with E-state index < -0.39 is 16.0 Å². The van der Waals surface area contributed by atoms with Gasteiger partial charge in [-0.2, -0.15) is 8.42 Å². The summed E-state index contributed by atoms with van der Waals surface area (Å²) in [6, 6.07) is 21.7. The number of rotatable bonds is 8. The van der Waals surface area contributed by atoms with Gasteiger partial charge >= 0.3 is 10.1 Å². The van der Waals surface area contributed by atoms with E-state index >= 15 is 0 Å².